The smallest absolute Gasteiger partial charge is 0.272 e. The normalized spacial score (nSPS) is 11.6. The molecule has 5 nitrogen and oxygen atoms in total. The number of rotatable bonds is 7. The summed E-state index contributed by atoms with van der Waals surface area (Å²) in [5.74, 6) is 0. The first-order chi connectivity index (χ1) is 8.93. The Kier molecular flexibility index (Phi) is 5.44. The molecule has 0 fully saturated rings. The molecule has 0 bridgehead atoms. The molecule has 0 saturated heterocycles. The predicted molar refractivity (Wildman–Crippen MR) is 75.1 cm³/mol. The summed E-state index contributed by atoms with van der Waals surface area (Å²) >= 11 is 0. The van der Waals surface area contributed by atoms with Gasteiger partial charge >= 0.3 is 0 Å². The van der Waals surface area contributed by atoms with Gasteiger partial charge in [-0.1, -0.05) is 26.0 Å². The number of hydrogen-bond acceptors (Lipinski definition) is 4. The first-order valence-corrected chi connectivity index (χ1v) is 6.59. The Balaban J connectivity index is 2.69. The molecule has 1 aromatic rings. The zero-order valence-electron chi connectivity index (χ0n) is 11.8. The highest BCUT2D eigenvalue weighted by Crippen LogP contribution is 2.21. The molecule has 0 heterocycles. The molecule has 1 aromatic carbocycles. The third-order valence-electron chi connectivity index (χ3n) is 3.70. The maximum atomic E-state index is 10.8. The summed E-state index contributed by atoms with van der Waals surface area (Å²) in [5, 5.41) is 24.2. The van der Waals surface area contributed by atoms with Gasteiger partial charge in [0.2, 0.25) is 0 Å². The van der Waals surface area contributed by atoms with Crippen LogP contribution in [0.2, 0.25) is 0 Å². The van der Waals surface area contributed by atoms with Crippen molar-refractivity contribution in [3.63, 3.8) is 0 Å². The zero-order valence-corrected chi connectivity index (χ0v) is 11.8. The highest BCUT2D eigenvalue weighted by atomic mass is 16.6. The van der Waals surface area contributed by atoms with Gasteiger partial charge in [-0.2, -0.15) is 0 Å². The van der Waals surface area contributed by atoms with Crippen molar-refractivity contribution in [3.8, 4) is 0 Å². The van der Waals surface area contributed by atoms with E-state index in [0.717, 1.165) is 5.56 Å². The van der Waals surface area contributed by atoms with E-state index in [4.69, 9.17) is 0 Å². The van der Waals surface area contributed by atoms with Gasteiger partial charge in [0.15, 0.2) is 0 Å². The van der Waals surface area contributed by atoms with Crippen molar-refractivity contribution in [2.45, 2.75) is 45.8 Å². The Morgan fingerprint density at radius 3 is 2.53 bits per heavy atom. The second-order valence-corrected chi connectivity index (χ2v) is 4.85. The van der Waals surface area contributed by atoms with E-state index in [2.05, 4.69) is 5.32 Å². The van der Waals surface area contributed by atoms with E-state index in [0.29, 0.717) is 31.5 Å². The van der Waals surface area contributed by atoms with Gasteiger partial charge in [0.05, 0.1) is 10.5 Å². The minimum Gasteiger partial charge on any atom is -0.389 e. The molecule has 0 amide bonds. The summed E-state index contributed by atoms with van der Waals surface area (Å²) in [7, 11) is 0. The molecule has 0 aromatic heterocycles. The molecule has 2 N–H and O–H groups in total. The highest BCUT2D eigenvalue weighted by Gasteiger charge is 2.21. The van der Waals surface area contributed by atoms with Crippen LogP contribution in [0.1, 0.15) is 37.8 Å². The Labute approximate surface area is 113 Å². The van der Waals surface area contributed by atoms with Gasteiger partial charge in [-0.05, 0) is 25.3 Å². The molecule has 0 unspecified atom stereocenters. The monoisotopic (exact) mass is 266 g/mol. The molecule has 0 saturated carbocycles. The molecule has 19 heavy (non-hydrogen) atoms. The lowest BCUT2D eigenvalue weighted by molar-refractivity contribution is -0.385. The van der Waals surface area contributed by atoms with Crippen LogP contribution in [0.3, 0.4) is 0 Å². The van der Waals surface area contributed by atoms with Gasteiger partial charge in [0, 0.05) is 24.7 Å². The van der Waals surface area contributed by atoms with Crippen molar-refractivity contribution < 1.29 is 10.0 Å². The van der Waals surface area contributed by atoms with Crippen molar-refractivity contribution in [2.75, 3.05) is 6.54 Å². The first-order valence-electron chi connectivity index (χ1n) is 6.59. The van der Waals surface area contributed by atoms with Crippen LogP contribution < -0.4 is 5.32 Å². The van der Waals surface area contributed by atoms with Gasteiger partial charge in [-0.15, -0.1) is 0 Å². The number of hydrogen-bond donors (Lipinski definition) is 2. The Morgan fingerprint density at radius 1 is 1.37 bits per heavy atom. The third-order valence-corrected chi connectivity index (χ3v) is 3.70. The molecule has 5 heteroatoms. The quantitative estimate of drug-likeness (QED) is 0.587. The molecule has 0 aliphatic rings. The standard InChI is InChI=1S/C14H22N2O3/c1-4-14(17,5-2)10-15-9-12-7-6-8-13(11(12)3)16(18)19/h6-8,15,17H,4-5,9-10H2,1-3H3. The van der Waals surface area contributed by atoms with Gasteiger partial charge in [-0.3, -0.25) is 10.1 Å². The fourth-order valence-electron chi connectivity index (χ4n) is 1.99. The average molecular weight is 266 g/mol. The van der Waals surface area contributed by atoms with E-state index in [1.54, 1.807) is 13.0 Å². The highest BCUT2D eigenvalue weighted by molar-refractivity contribution is 5.44. The predicted octanol–water partition coefficient (Wildman–Crippen LogP) is 2.54. The second-order valence-electron chi connectivity index (χ2n) is 4.85. The molecule has 0 spiro atoms. The lowest BCUT2D eigenvalue weighted by Gasteiger charge is -2.25. The van der Waals surface area contributed by atoms with Gasteiger partial charge in [-0.25, -0.2) is 0 Å². The fourth-order valence-corrected chi connectivity index (χ4v) is 1.99. The van der Waals surface area contributed by atoms with Gasteiger partial charge in [0.1, 0.15) is 0 Å². The number of nitro benzene ring substituents is 1. The molecular formula is C14H22N2O3. The molecule has 0 aliphatic carbocycles. The van der Waals surface area contributed by atoms with Crippen molar-refractivity contribution >= 4 is 5.69 Å². The number of nitro groups is 1. The molecule has 0 atom stereocenters. The number of benzene rings is 1. The van der Waals surface area contributed by atoms with Crippen molar-refractivity contribution in [2.24, 2.45) is 0 Å². The number of nitrogens with one attached hydrogen (secondary N) is 1. The lowest BCUT2D eigenvalue weighted by atomic mass is 9.97. The molecular weight excluding hydrogens is 244 g/mol. The SMILES string of the molecule is CCC(O)(CC)CNCc1cccc([N+](=O)[O-])c1C. The van der Waals surface area contributed by atoms with Crippen molar-refractivity contribution in [1.29, 1.82) is 0 Å². The lowest BCUT2D eigenvalue weighted by Crippen LogP contribution is -2.39. The Bertz CT molecular complexity index is 442. The van der Waals surface area contributed by atoms with E-state index in [9.17, 15) is 15.2 Å². The van der Waals surface area contributed by atoms with E-state index < -0.39 is 5.60 Å². The molecule has 1 rings (SSSR count). The Hall–Kier alpha value is -1.46. The summed E-state index contributed by atoms with van der Waals surface area (Å²) in [6.45, 7) is 6.66. The van der Waals surface area contributed by atoms with Gasteiger partial charge in [0.25, 0.3) is 5.69 Å². The largest absolute Gasteiger partial charge is 0.389 e. The van der Waals surface area contributed by atoms with Crippen LogP contribution in [0.25, 0.3) is 0 Å². The maximum absolute atomic E-state index is 10.8. The third kappa shape index (κ3) is 4.01. The second kappa shape index (κ2) is 6.63. The maximum Gasteiger partial charge on any atom is 0.272 e. The zero-order chi connectivity index (χ0) is 14.5. The average Bonchev–Trinajstić information content (AvgIpc) is 2.40. The summed E-state index contributed by atoms with van der Waals surface area (Å²) in [6.07, 6.45) is 1.37. The van der Waals surface area contributed by atoms with E-state index in [1.807, 2.05) is 19.9 Å². The van der Waals surface area contributed by atoms with Crippen molar-refractivity contribution in [3.05, 3.63) is 39.4 Å². The van der Waals surface area contributed by atoms with Crippen LogP contribution in [0.4, 0.5) is 5.69 Å². The number of nitrogens with zero attached hydrogens (tertiary/aromatic N) is 1. The van der Waals surface area contributed by atoms with Crippen LogP contribution in [0, 0.1) is 17.0 Å². The fraction of sp³-hybridized carbons (Fsp3) is 0.571. The van der Waals surface area contributed by atoms with Crippen LogP contribution in [-0.2, 0) is 6.54 Å². The number of aliphatic hydroxyl groups is 1. The molecule has 0 aliphatic heterocycles. The molecule has 0 radical (unpaired) electrons. The van der Waals surface area contributed by atoms with Crippen molar-refractivity contribution in [1.82, 2.24) is 5.32 Å². The van der Waals surface area contributed by atoms with E-state index in [-0.39, 0.29) is 10.6 Å². The summed E-state index contributed by atoms with van der Waals surface area (Å²) < 4.78 is 0. The van der Waals surface area contributed by atoms with Crippen LogP contribution in [-0.4, -0.2) is 22.2 Å². The minimum atomic E-state index is -0.700. The van der Waals surface area contributed by atoms with Crippen LogP contribution >= 0.6 is 0 Å². The summed E-state index contributed by atoms with van der Waals surface area (Å²) in [6, 6.07) is 5.06. The van der Waals surface area contributed by atoms with Gasteiger partial charge < -0.3 is 10.4 Å². The molecule has 106 valence electrons. The van der Waals surface area contributed by atoms with E-state index >= 15 is 0 Å². The first kappa shape index (κ1) is 15.6. The topological polar surface area (TPSA) is 75.4 Å². The van der Waals surface area contributed by atoms with E-state index in [1.165, 1.54) is 6.07 Å². The minimum absolute atomic E-state index is 0.139. The summed E-state index contributed by atoms with van der Waals surface area (Å²) in [5.41, 5.74) is 1.01. The van der Waals surface area contributed by atoms with Crippen LogP contribution in [0.15, 0.2) is 18.2 Å². The van der Waals surface area contributed by atoms with Crippen LogP contribution in [0.5, 0.6) is 0 Å². The Morgan fingerprint density at radius 2 is 2.00 bits per heavy atom. The summed E-state index contributed by atoms with van der Waals surface area (Å²) in [4.78, 5) is 10.5.